The lowest BCUT2D eigenvalue weighted by atomic mass is 10.1. The van der Waals surface area contributed by atoms with Gasteiger partial charge in [0.15, 0.2) is 5.78 Å². The van der Waals surface area contributed by atoms with Crippen molar-refractivity contribution in [1.29, 1.82) is 0 Å². The van der Waals surface area contributed by atoms with Crippen LogP contribution < -0.4 is 19.5 Å². The number of ketones is 1. The Morgan fingerprint density at radius 1 is 0.765 bits per heavy atom. The lowest BCUT2D eigenvalue weighted by Gasteiger charge is -2.10. The molecule has 0 bridgehead atoms. The summed E-state index contributed by atoms with van der Waals surface area (Å²) in [5.74, 6) is 0.860. The second-order valence-electron chi connectivity index (χ2n) is 7.51. The molecule has 3 rings (SSSR count). The first kappa shape index (κ1) is 24.9. The highest BCUT2D eigenvalue weighted by molar-refractivity contribution is 7.89. The van der Waals surface area contributed by atoms with Gasteiger partial charge in [-0.05, 0) is 54.4 Å². The van der Waals surface area contributed by atoms with E-state index in [1.54, 1.807) is 44.6 Å². The van der Waals surface area contributed by atoms with Crippen LogP contribution in [0.1, 0.15) is 38.8 Å². The first-order chi connectivity index (χ1) is 16.2. The number of ether oxygens (including phenoxy) is 2. The molecule has 0 fully saturated rings. The topological polar surface area (TPSA) is 111 Å². The van der Waals surface area contributed by atoms with Crippen LogP contribution in [0.4, 0.5) is 0 Å². The zero-order valence-electron chi connectivity index (χ0n) is 19.1. The summed E-state index contributed by atoms with van der Waals surface area (Å²) in [4.78, 5) is 23.9. The molecule has 0 unspecified atom stereocenters. The third-order valence-electron chi connectivity index (χ3n) is 5.12. The summed E-state index contributed by atoms with van der Waals surface area (Å²) < 4.78 is 38.0. The van der Waals surface area contributed by atoms with E-state index in [-0.39, 0.29) is 29.7 Å². The van der Waals surface area contributed by atoms with Crippen LogP contribution in [0, 0.1) is 0 Å². The SMILES string of the molecule is COc1cc(CNC(=O)c2ccc(CNS(=O)(=O)c3ccc(C(C)=O)cc3)cc2)cc(OC)c1. The zero-order valence-corrected chi connectivity index (χ0v) is 19.9. The van der Waals surface area contributed by atoms with Crippen LogP contribution in [-0.4, -0.2) is 34.3 Å². The third-order valence-corrected chi connectivity index (χ3v) is 6.54. The van der Waals surface area contributed by atoms with Crippen molar-refractivity contribution in [3.63, 3.8) is 0 Å². The highest BCUT2D eigenvalue weighted by Gasteiger charge is 2.14. The van der Waals surface area contributed by atoms with Crippen molar-refractivity contribution in [3.8, 4) is 11.5 Å². The molecule has 3 aromatic rings. The minimum absolute atomic E-state index is 0.0578. The molecule has 34 heavy (non-hydrogen) atoms. The Hall–Kier alpha value is -3.69. The smallest absolute Gasteiger partial charge is 0.251 e. The predicted octanol–water partition coefficient (Wildman–Crippen LogP) is 3.31. The van der Waals surface area contributed by atoms with Crippen molar-refractivity contribution in [3.05, 3.63) is 89.0 Å². The highest BCUT2D eigenvalue weighted by atomic mass is 32.2. The van der Waals surface area contributed by atoms with Crippen LogP contribution in [0.25, 0.3) is 0 Å². The standard InChI is InChI=1S/C25H26N2O6S/c1-17(28)20-8-10-24(11-9-20)34(30,31)27-16-18-4-6-21(7-5-18)25(29)26-15-19-12-22(32-2)14-23(13-19)33-3/h4-14,27H,15-16H2,1-3H3,(H,26,29). The molecule has 0 aliphatic rings. The summed E-state index contributed by atoms with van der Waals surface area (Å²) in [7, 11) is -0.622. The van der Waals surface area contributed by atoms with Gasteiger partial charge in [-0.3, -0.25) is 9.59 Å². The Bertz CT molecular complexity index is 1250. The van der Waals surface area contributed by atoms with Gasteiger partial charge in [0.1, 0.15) is 11.5 Å². The number of carbonyl (C=O) groups is 2. The molecule has 8 nitrogen and oxygen atoms in total. The summed E-state index contributed by atoms with van der Waals surface area (Å²) in [5.41, 5.74) is 2.41. The Kier molecular flexibility index (Phi) is 8.04. The Labute approximate surface area is 199 Å². The van der Waals surface area contributed by atoms with Crippen LogP contribution in [-0.2, 0) is 23.1 Å². The normalized spacial score (nSPS) is 11.0. The van der Waals surface area contributed by atoms with E-state index in [1.807, 2.05) is 12.1 Å². The summed E-state index contributed by atoms with van der Waals surface area (Å²) >= 11 is 0. The van der Waals surface area contributed by atoms with Gasteiger partial charge in [0.25, 0.3) is 5.91 Å². The van der Waals surface area contributed by atoms with E-state index < -0.39 is 10.0 Å². The minimum Gasteiger partial charge on any atom is -0.497 e. The number of hydrogen-bond donors (Lipinski definition) is 2. The molecule has 2 N–H and O–H groups in total. The molecule has 0 aliphatic carbocycles. The maximum Gasteiger partial charge on any atom is 0.251 e. The maximum atomic E-state index is 12.5. The summed E-state index contributed by atoms with van der Waals surface area (Å²) in [5, 5.41) is 2.84. The number of sulfonamides is 1. The Balaban J connectivity index is 1.58. The van der Waals surface area contributed by atoms with Crippen LogP contribution in [0.5, 0.6) is 11.5 Å². The van der Waals surface area contributed by atoms with E-state index in [0.717, 1.165) is 5.56 Å². The average molecular weight is 483 g/mol. The number of hydrogen-bond acceptors (Lipinski definition) is 6. The fourth-order valence-corrected chi connectivity index (χ4v) is 4.18. The van der Waals surface area contributed by atoms with Gasteiger partial charge in [0, 0.05) is 30.3 Å². The van der Waals surface area contributed by atoms with Crippen molar-refractivity contribution in [2.75, 3.05) is 14.2 Å². The van der Waals surface area contributed by atoms with Gasteiger partial charge in [0.2, 0.25) is 10.0 Å². The van der Waals surface area contributed by atoms with Crippen LogP contribution in [0.2, 0.25) is 0 Å². The summed E-state index contributed by atoms with van der Waals surface area (Å²) in [6.07, 6.45) is 0. The molecular weight excluding hydrogens is 456 g/mol. The van der Waals surface area contributed by atoms with E-state index in [9.17, 15) is 18.0 Å². The van der Waals surface area contributed by atoms with Gasteiger partial charge in [-0.1, -0.05) is 24.3 Å². The fraction of sp³-hybridized carbons (Fsp3) is 0.200. The molecular formula is C25H26N2O6S. The van der Waals surface area contributed by atoms with Gasteiger partial charge in [0.05, 0.1) is 19.1 Å². The second-order valence-corrected chi connectivity index (χ2v) is 9.27. The number of nitrogens with one attached hydrogen (secondary N) is 2. The van der Waals surface area contributed by atoms with Gasteiger partial charge in [-0.15, -0.1) is 0 Å². The van der Waals surface area contributed by atoms with Crippen molar-refractivity contribution in [2.45, 2.75) is 24.9 Å². The molecule has 0 aliphatic heterocycles. The monoisotopic (exact) mass is 482 g/mol. The van der Waals surface area contributed by atoms with Gasteiger partial charge < -0.3 is 14.8 Å². The number of Topliss-reactive ketones (excluding diaryl/α,β-unsaturated/α-hetero) is 1. The van der Waals surface area contributed by atoms with Crippen LogP contribution >= 0.6 is 0 Å². The lowest BCUT2D eigenvalue weighted by molar-refractivity contribution is 0.0949. The molecule has 0 saturated heterocycles. The number of amides is 1. The molecule has 1 amide bonds. The summed E-state index contributed by atoms with van der Waals surface area (Å²) in [6.45, 7) is 1.76. The number of methoxy groups -OCH3 is 2. The van der Waals surface area contributed by atoms with Crippen LogP contribution in [0.15, 0.2) is 71.6 Å². The van der Waals surface area contributed by atoms with E-state index >= 15 is 0 Å². The van der Waals surface area contributed by atoms with Gasteiger partial charge in [-0.25, -0.2) is 13.1 Å². The number of rotatable bonds is 10. The van der Waals surface area contributed by atoms with E-state index in [1.165, 1.54) is 31.2 Å². The molecule has 0 radical (unpaired) electrons. The van der Waals surface area contributed by atoms with Crippen molar-refractivity contribution in [1.82, 2.24) is 10.0 Å². The predicted molar refractivity (Wildman–Crippen MR) is 128 cm³/mol. The van der Waals surface area contributed by atoms with Gasteiger partial charge >= 0.3 is 0 Å². The Morgan fingerprint density at radius 3 is 1.85 bits per heavy atom. The third kappa shape index (κ3) is 6.43. The van der Waals surface area contributed by atoms with Gasteiger partial charge in [-0.2, -0.15) is 0 Å². The van der Waals surface area contributed by atoms with E-state index in [2.05, 4.69) is 10.0 Å². The molecule has 0 aromatic heterocycles. The Morgan fingerprint density at radius 2 is 1.32 bits per heavy atom. The zero-order chi connectivity index (χ0) is 24.7. The quantitative estimate of drug-likeness (QED) is 0.429. The maximum absolute atomic E-state index is 12.5. The van der Waals surface area contributed by atoms with Crippen LogP contribution in [0.3, 0.4) is 0 Å². The first-order valence-electron chi connectivity index (χ1n) is 10.4. The fourth-order valence-electron chi connectivity index (χ4n) is 3.16. The molecule has 178 valence electrons. The molecule has 0 atom stereocenters. The molecule has 0 spiro atoms. The molecule has 9 heteroatoms. The number of carbonyl (C=O) groups excluding carboxylic acids is 2. The molecule has 3 aromatic carbocycles. The largest absolute Gasteiger partial charge is 0.497 e. The average Bonchev–Trinajstić information content (AvgIpc) is 2.86. The van der Waals surface area contributed by atoms with E-state index in [4.69, 9.17) is 9.47 Å². The van der Waals surface area contributed by atoms with Crippen molar-refractivity contribution >= 4 is 21.7 Å². The first-order valence-corrected chi connectivity index (χ1v) is 11.9. The second kappa shape index (κ2) is 11.0. The number of benzene rings is 3. The minimum atomic E-state index is -3.74. The highest BCUT2D eigenvalue weighted by Crippen LogP contribution is 2.22. The lowest BCUT2D eigenvalue weighted by Crippen LogP contribution is -2.24. The van der Waals surface area contributed by atoms with Crippen molar-refractivity contribution in [2.24, 2.45) is 0 Å². The summed E-state index contributed by atoms with van der Waals surface area (Å²) in [6, 6.07) is 17.7. The van der Waals surface area contributed by atoms with E-state index in [0.29, 0.717) is 28.2 Å². The molecule has 0 heterocycles. The molecule has 0 saturated carbocycles. The van der Waals surface area contributed by atoms with Crippen molar-refractivity contribution < 1.29 is 27.5 Å².